The van der Waals surface area contributed by atoms with E-state index in [-0.39, 0.29) is 13.2 Å². The topological polar surface area (TPSA) is 96.4 Å². The van der Waals surface area contributed by atoms with Crippen LogP contribution >= 0.6 is 11.3 Å². The van der Waals surface area contributed by atoms with E-state index in [9.17, 15) is 0 Å². The first-order valence-corrected chi connectivity index (χ1v) is 13.5. The summed E-state index contributed by atoms with van der Waals surface area (Å²) in [6.45, 7) is 4.03. The van der Waals surface area contributed by atoms with Gasteiger partial charge in [0, 0.05) is 53.5 Å². The summed E-state index contributed by atoms with van der Waals surface area (Å²) in [6, 6.07) is 21.3. The Bertz CT molecular complexity index is 1420. The number of fused-ring (bicyclic) bond motifs is 2. The number of anilines is 2. The number of aromatic nitrogens is 2. The van der Waals surface area contributed by atoms with Crippen molar-refractivity contribution in [3.8, 4) is 10.4 Å². The minimum absolute atomic E-state index is 0.123. The summed E-state index contributed by atoms with van der Waals surface area (Å²) < 4.78 is 1.15. The maximum atomic E-state index is 9.11. The lowest BCUT2D eigenvalue weighted by Gasteiger charge is -2.19. The Labute approximate surface area is 220 Å². The maximum absolute atomic E-state index is 9.11. The molecule has 0 saturated heterocycles. The predicted octanol–water partition coefficient (Wildman–Crippen LogP) is 4.95. The fraction of sp³-hybridized carbons (Fsp3) is 0.276. The van der Waals surface area contributed by atoms with Gasteiger partial charge in [-0.3, -0.25) is 9.88 Å². The lowest BCUT2D eigenvalue weighted by molar-refractivity contribution is 0.160. The number of hydrogen-bond acceptors (Lipinski definition) is 7. The highest BCUT2D eigenvalue weighted by molar-refractivity contribution is 7.22. The number of aromatic amines is 1. The van der Waals surface area contributed by atoms with E-state index in [1.165, 1.54) is 21.4 Å². The van der Waals surface area contributed by atoms with Gasteiger partial charge in [-0.15, -0.1) is 11.3 Å². The SMILES string of the molecule is OCCN(CCO)CCCNCc1ccc(-c2cc3nccc(Nc4ccc5[nH]ccc5c4)c3s2)cc1. The monoisotopic (exact) mass is 515 g/mol. The Morgan fingerprint density at radius 3 is 2.57 bits per heavy atom. The maximum Gasteiger partial charge on any atom is 0.0837 e. The molecule has 5 N–H and O–H groups in total. The standard InChI is InChI=1S/C29H33N5O2S/c35-16-14-34(15-17-36)13-1-10-30-20-21-2-4-22(5-3-21)28-19-27-29(37-28)26(9-12-32-27)33-24-6-7-25-23(18-24)8-11-31-25/h2-9,11-12,18-19,30-31,35-36H,1,10,13-17,20H2,(H,32,33). The summed E-state index contributed by atoms with van der Waals surface area (Å²) in [4.78, 5) is 11.1. The molecule has 0 amide bonds. The molecule has 192 valence electrons. The van der Waals surface area contributed by atoms with E-state index in [0.29, 0.717) is 13.1 Å². The van der Waals surface area contributed by atoms with Gasteiger partial charge in [-0.2, -0.15) is 0 Å². The predicted molar refractivity (Wildman–Crippen MR) is 154 cm³/mol. The van der Waals surface area contributed by atoms with Crippen LogP contribution in [0.5, 0.6) is 0 Å². The smallest absolute Gasteiger partial charge is 0.0837 e. The molecule has 5 aromatic rings. The summed E-state index contributed by atoms with van der Waals surface area (Å²) in [5.74, 6) is 0. The Morgan fingerprint density at radius 1 is 0.919 bits per heavy atom. The van der Waals surface area contributed by atoms with Crippen LogP contribution in [0.3, 0.4) is 0 Å². The van der Waals surface area contributed by atoms with Gasteiger partial charge in [-0.25, -0.2) is 0 Å². The summed E-state index contributed by atoms with van der Waals surface area (Å²) in [5, 5.41) is 26.5. The molecule has 0 unspecified atom stereocenters. The third-order valence-electron chi connectivity index (χ3n) is 6.47. The van der Waals surface area contributed by atoms with Crippen LogP contribution < -0.4 is 10.6 Å². The lowest BCUT2D eigenvalue weighted by Crippen LogP contribution is -2.32. The van der Waals surface area contributed by atoms with E-state index in [1.54, 1.807) is 11.3 Å². The van der Waals surface area contributed by atoms with Gasteiger partial charge in [0.1, 0.15) is 0 Å². The minimum Gasteiger partial charge on any atom is -0.395 e. The lowest BCUT2D eigenvalue weighted by atomic mass is 10.1. The molecule has 2 aromatic carbocycles. The van der Waals surface area contributed by atoms with Gasteiger partial charge < -0.3 is 25.8 Å². The number of benzene rings is 2. The molecular weight excluding hydrogens is 482 g/mol. The average Bonchev–Trinajstić information content (AvgIpc) is 3.56. The van der Waals surface area contributed by atoms with Crippen LogP contribution in [0.15, 0.2) is 73.1 Å². The molecule has 3 heterocycles. The summed E-state index contributed by atoms with van der Waals surface area (Å²) in [6.07, 6.45) is 4.79. The van der Waals surface area contributed by atoms with Crippen molar-refractivity contribution in [2.24, 2.45) is 0 Å². The van der Waals surface area contributed by atoms with Crippen LogP contribution in [0, 0.1) is 0 Å². The molecular formula is C29H33N5O2S. The van der Waals surface area contributed by atoms with Crippen molar-refractivity contribution in [1.29, 1.82) is 0 Å². The van der Waals surface area contributed by atoms with Crippen molar-refractivity contribution in [3.63, 3.8) is 0 Å². The second kappa shape index (κ2) is 12.3. The Balaban J connectivity index is 1.20. The van der Waals surface area contributed by atoms with E-state index in [1.807, 2.05) is 18.5 Å². The van der Waals surface area contributed by atoms with Crippen LogP contribution in [0.2, 0.25) is 0 Å². The van der Waals surface area contributed by atoms with E-state index < -0.39 is 0 Å². The number of hydrogen-bond donors (Lipinski definition) is 5. The van der Waals surface area contributed by atoms with Gasteiger partial charge in [-0.1, -0.05) is 24.3 Å². The summed E-state index contributed by atoms with van der Waals surface area (Å²) in [7, 11) is 0. The zero-order chi connectivity index (χ0) is 25.5. The molecule has 0 aliphatic rings. The van der Waals surface area contributed by atoms with Crippen molar-refractivity contribution in [1.82, 2.24) is 20.2 Å². The van der Waals surface area contributed by atoms with Gasteiger partial charge in [0.2, 0.25) is 0 Å². The van der Waals surface area contributed by atoms with E-state index in [0.717, 1.165) is 53.2 Å². The molecule has 0 spiro atoms. The van der Waals surface area contributed by atoms with Gasteiger partial charge in [0.25, 0.3) is 0 Å². The van der Waals surface area contributed by atoms with Crippen LogP contribution in [0.1, 0.15) is 12.0 Å². The summed E-state index contributed by atoms with van der Waals surface area (Å²) in [5.41, 5.74) is 6.68. The van der Waals surface area contributed by atoms with Gasteiger partial charge in [0.05, 0.1) is 29.1 Å². The number of rotatable bonds is 13. The summed E-state index contributed by atoms with van der Waals surface area (Å²) >= 11 is 1.76. The van der Waals surface area contributed by atoms with E-state index in [4.69, 9.17) is 10.2 Å². The molecule has 0 radical (unpaired) electrons. The van der Waals surface area contributed by atoms with E-state index in [2.05, 4.69) is 80.1 Å². The number of aliphatic hydroxyl groups is 2. The number of nitrogens with zero attached hydrogens (tertiary/aromatic N) is 2. The highest BCUT2D eigenvalue weighted by Crippen LogP contribution is 2.37. The van der Waals surface area contributed by atoms with Crippen LogP contribution in [-0.2, 0) is 6.54 Å². The first-order valence-electron chi connectivity index (χ1n) is 12.7. The highest BCUT2D eigenvalue weighted by Gasteiger charge is 2.10. The average molecular weight is 516 g/mol. The van der Waals surface area contributed by atoms with Crippen LogP contribution in [-0.4, -0.2) is 64.5 Å². The molecule has 0 aliphatic heterocycles. The zero-order valence-corrected chi connectivity index (χ0v) is 21.6. The van der Waals surface area contributed by atoms with Gasteiger partial charge in [-0.05, 0) is 67.0 Å². The van der Waals surface area contributed by atoms with E-state index >= 15 is 0 Å². The minimum atomic E-state index is 0.123. The number of pyridine rings is 1. The Hall–Kier alpha value is -3.27. The fourth-order valence-corrected chi connectivity index (χ4v) is 5.62. The molecule has 8 heteroatoms. The fourth-order valence-electron chi connectivity index (χ4n) is 4.53. The number of thiophene rings is 1. The quantitative estimate of drug-likeness (QED) is 0.142. The third kappa shape index (κ3) is 6.36. The number of H-pyrrole nitrogens is 1. The second-order valence-electron chi connectivity index (χ2n) is 9.10. The van der Waals surface area contributed by atoms with Crippen molar-refractivity contribution in [2.75, 3.05) is 44.7 Å². The zero-order valence-electron chi connectivity index (χ0n) is 20.8. The Morgan fingerprint density at radius 2 is 1.76 bits per heavy atom. The largest absolute Gasteiger partial charge is 0.395 e. The molecule has 0 atom stereocenters. The molecule has 0 bridgehead atoms. The van der Waals surface area contributed by atoms with Crippen molar-refractivity contribution in [3.05, 3.63) is 78.6 Å². The van der Waals surface area contributed by atoms with Crippen molar-refractivity contribution < 1.29 is 10.2 Å². The third-order valence-corrected chi connectivity index (χ3v) is 7.68. The first kappa shape index (κ1) is 25.4. The van der Waals surface area contributed by atoms with Crippen molar-refractivity contribution >= 4 is 43.8 Å². The molecule has 3 aromatic heterocycles. The van der Waals surface area contributed by atoms with Gasteiger partial charge in [0.15, 0.2) is 0 Å². The van der Waals surface area contributed by atoms with Crippen LogP contribution in [0.4, 0.5) is 11.4 Å². The first-order chi connectivity index (χ1) is 18.2. The normalized spacial score (nSPS) is 11.6. The molecule has 0 fully saturated rings. The molecule has 0 aliphatic carbocycles. The highest BCUT2D eigenvalue weighted by atomic mass is 32.1. The van der Waals surface area contributed by atoms with Crippen LogP contribution in [0.25, 0.3) is 31.6 Å². The number of nitrogens with one attached hydrogen (secondary N) is 3. The molecule has 5 rings (SSSR count). The van der Waals surface area contributed by atoms with Crippen molar-refractivity contribution in [2.45, 2.75) is 13.0 Å². The Kier molecular flexibility index (Phi) is 8.45. The molecule has 7 nitrogen and oxygen atoms in total. The van der Waals surface area contributed by atoms with Gasteiger partial charge >= 0.3 is 0 Å². The molecule has 0 saturated carbocycles. The second-order valence-corrected chi connectivity index (χ2v) is 10.2. The number of aliphatic hydroxyl groups excluding tert-OH is 2. The molecule has 37 heavy (non-hydrogen) atoms.